The second-order valence-electron chi connectivity index (χ2n) is 6.32. The van der Waals surface area contributed by atoms with Crippen LogP contribution < -0.4 is 15.7 Å². The van der Waals surface area contributed by atoms with Crippen LogP contribution >= 0.6 is 11.3 Å². The van der Waals surface area contributed by atoms with Crippen molar-refractivity contribution < 1.29 is 9.20 Å². The van der Waals surface area contributed by atoms with Gasteiger partial charge in [-0.3, -0.25) is 9.95 Å². The summed E-state index contributed by atoms with van der Waals surface area (Å²) >= 11 is 1.36. The summed E-state index contributed by atoms with van der Waals surface area (Å²) in [7, 11) is 0. The van der Waals surface area contributed by atoms with E-state index in [0.717, 1.165) is 16.8 Å². The monoisotopic (exact) mass is 392 g/mol. The normalized spacial score (nSPS) is 11.2. The smallest absolute Gasteiger partial charge is 0.282 e. The molecule has 0 amide bonds. The number of benzene rings is 2. The first-order chi connectivity index (χ1) is 13.6. The van der Waals surface area contributed by atoms with Gasteiger partial charge in [-0.05, 0) is 29.4 Å². The number of aryl methyl sites for hydroxylation is 2. The molecule has 0 unspecified atom stereocenters. The van der Waals surface area contributed by atoms with Gasteiger partial charge >= 0.3 is 11.3 Å². The number of hydrazone groups is 1. The van der Waals surface area contributed by atoms with E-state index >= 15 is 0 Å². The van der Waals surface area contributed by atoms with E-state index in [-0.39, 0.29) is 0 Å². The molecule has 0 aliphatic rings. The van der Waals surface area contributed by atoms with Crippen molar-refractivity contribution in [1.82, 2.24) is 10.3 Å². The van der Waals surface area contributed by atoms with Gasteiger partial charge in [-0.1, -0.05) is 47.5 Å². The minimum absolute atomic E-state index is 0.329. The molecule has 140 valence electrons. The van der Waals surface area contributed by atoms with E-state index in [0.29, 0.717) is 16.5 Å². The Bertz CT molecular complexity index is 1170. The molecule has 0 spiro atoms. The first-order valence-electron chi connectivity index (χ1n) is 8.62. The predicted octanol–water partition coefficient (Wildman–Crippen LogP) is 3.43. The number of rotatable bonds is 5. The third kappa shape index (κ3) is 3.77. The number of hydrogen-bond donors (Lipinski definition) is 2. The maximum atomic E-state index is 12.2. The van der Waals surface area contributed by atoms with Gasteiger partial charge in [0.05, 0.1) is 6.21 Å². The predicted molar refractivity (Wildman–Crippen MR) is 109 cm³/mol. The van der Waals surface area contributed by atoms with Gasteiger partial charge in [-0.15, -0.1) is 11.3 Å². The minimum Gasteiger partial charge on any atom is -0.282 e. The van der Waals surface area contributed by atoms with E-state index in [1.165, 1.54) is 16.9 Å². The van der Waals surface area contributed by atoms with E-state index in [9.17, 15) is 4.79 Å². The highest BCUT2D eigenvalue weighted by Gasteiger charge is 2.27. The lowest BCUT2D eigenvalue weighted by molar-refractivity contribution is -0.660. The fourth-order valence-electron chi connectivity index (χ4n) is 2.62. The van der Waals surface area contributed by atoms with Gasteiger partial charge in [0.25, 0.3) is 0 Å². The number of anilines is 1. The number of thiazole rings is 1. The molecule has 2 aromatic carbocycles. The Morgan fingerprint density at radius 1 is 1.11 bits per heavy atom. The van der Waals surface area contributed by atoms with Crippen LogP contribution in [0, 0.1) is 13.8 Å². The quantitative estimate of drug-likeness (QED) is 0.309. The molecular formula is C20H18N5O2S+. The average Bonchev–Trinajstić information content (AvgIpc) is 3.30. The zero-order valence-electron chi connectivity index (χ0n) is 15.3. The Hall–Kier alpha value is -3.52. The molecule has 0 aliphatic carbocycles. The van der Waals surface area contributed by atoms with Gasteiger partial charge in [-0.25, -0.2) is 9.78 Å². The van der Waals surface area contributed by atoms with Crippen LogP contribution in [0.3, 0.4) is 0 Å². The van der Waals surface area contributed by atoms with Crippen LogP contribution in [0.5, 0.6) is 0 Å². The zero-order valence-corrected chi connectivity index (χ0v) is 16.2. The Kier molecular flexibility index (Phi) is 4.86. The Morgan fingerprint density at radius 2 is 1.79 bits per heavy atom. The Morgan fingerprint density at radius 3 is 2.50 bits per heavy atom. The average molecular weight is 392 g/mol. The van der Waals surface area contributed by atoms with E-state index in [1.807, 2.05) is 62.4 Å². The Balaban J connectivity index is 1.56. The molecule has 4 aromatic rings. The second kappa shape index (κ2) is 7.61. The lowest BCUT2D eigenvalue weighted by atomic mass is 10.2. The molecule has 2 aromatic heterocycles. The molecule has 0 fully saturated rings. The molecule has 4 rings (SSSR count). The molecule has 2 heterocycles. The summed E-state index contributed by atoms with van der Waals surface area (Å²) in [5, 5.41) is 9.20. The highest BCUT2D eigenvalue weighted by molar-refractivity contribution is 7.14. The molecule has 7 nitrogen and oxygen atoms in total. The first kappa shape index (κ1) is 17.9. The number of aromatic amines is 1. The van der Waals surface area contributed by atoms with Crippen molar-refractivity contribution in [2.24, 2.45) is 5.10 Å². The van der Waals surface area contributed by atoms with Crippen molar-refractivity contribution in [2.45, 2.75) is 13.8 Å². The van der Waals surface area contributed by atoms with Gasteiger partial charge in [0.15, 0.2) is 5.69 Å². The first-order valence-corrected chi connectivity index (χ1v) is 9.50. The van der Waals surface area contributed by atoms with Crippen molar-refractivity contribution in [3.8, 4) is 17.1 Å². The number of hydrogen-bond acceptors (Lipinski definition) is 6. The fourth-order valence-corrected chi connectivity index (χ4v) is 3.26. The fraction of sp³-hybridized carbons (Fsp3) is 0.100. The van der Waals surface area contributed by atoms with Crippen molar-refractivity contribution in [3.63, 3.8) is 0 Å². The van der Waals surface area contributed by atoms with Gasteiger partial charge in [0.1, 0.15) is 0 Å². The summed E-state index contributed by atoms with van der Waals surface area (Å²) in [6.45, 7) is 4.04. The van der Waals surface area contributed by atoms with Gasteiger partial charge < -0.3 is 0 Å². The molecular weight excluding hydrogens is 374 g/mol. The van der Waals surface area contributed by atoms with Crippen LogP contribution in [0.2, 0.25) is 0 Å². The lowest BCUT2D eigenvalue weighted by Gasteiger charge is -1.95. The van der Waals surface area contributed by atoms with Crippen LogP contribution in [0.25, 0.3) is 17.1 Å². The Labute approximate surface area is 164 Å². The largest absolute Gasteiger partial charge is 0.437 e. The van der Waals surface area contributed by atoms with E-state index in [2.05, 4.69) is 20.8 Å². The molecule has 0 saturated heterocycles. The highest BCUT2D eigenvalue weighted by atomic mass is 32.1. The third-order valence-corrected chi connectivity index (χ3v) is 4.88. The molecule has 0 atom stereocenters. The molecule has 0 saturated carbocycles. The molecule has 0 bridgehead atoms. The van der Waals surface area contributed by atoms with E-state index in [1.54, 1.807) is 16.3 Å². The van der Waals surface area contributed by atoms with Crippen molar-refractivity contribution in [3.05, 3.63) is 81.0 Å². The van der Waals surface area contributed by atoms with Crippen LogP contribution in [-0.4, -0.2) is 16.5 Å². The molecule has 0 aliphatic heterocycles. The molecule has 8 heteroatoms. The highest BCUT2D eigenvalue weighted by Crippen LogP contribution is 2.21. The third-order valence-electron chi connectivity index (χ3n) is 4.14. The van der Waals surface area contributed by atoms with Crippen LogP contribution in [0.4, 0.5) is 5.13 Å². The SMILES string of the molecule is Cc1ccc(/C=N/Nc2nc(-c3c(=O)o[nH][n+]3-c3ccc(C)cc3)cs2)cc1. The van der Waals surface area contributed by atoms with Crippen LogP contribution in [0.1, 0.15) is 16.7 Å². The zero-order chi connectivity index (χ0) is 19.5. The van der Waals surface area contributed by atoms with Crippen molar-refractivity contribution >= 4 is 22.7 Å². The molecule has 0 radical (unpaired) electrons. The minimum atomic E-state index is -0.486. The van der Waals surface area contributed by atoms with Crippen LogP contribution in [0.15, 0.2) is 68.3 Å². The topological polar surface area (TPSA) is 87.2 Å². The standard InChI is InChI=1S/C20H17N5O2S/c1-13-3-7-15(8-4-13)11-21-23-20-22-17(12-28-20)18-19(26)27-24-25(18)16-9-5-14(2)6-10-16/h3-12H,1-2H3,(H-,22,23,24,26)/p+1/b21-11+. The summed E-state index contributed by atoms with van der Waals surface area (Å²) in [5.74, 6) is 0. The molecule has 28 heavy (non-hydrogen) atoms. The van der Waals surface area contributed by atoms with Gasteiger partial charge in [0.2, 0.25) is 10.8 Å². The summed E-state index contributed by atoms with van der Waals surface area (Å²) in [6, 6.07) is 15.8. The summed E-state index contributed by atoms with van der Waals surface area (Å²) in [6.07, 6.45) is 1.72. The number of nitrogens with zero attached hydrogens (tertiary/aromatic N) is 3. The van der Waals surface area contributed by atoms with Crippen LogP contribution in [-0.2, 0) is 0 Å². The number of nitrogens with one attached hydrogen (secondary N) is 2. The van der Waals surface area contributed by atoms with Crippen molar-refractivity contribution in [1.29, 1.82) is 0 Å². The second-order valence-corrected chi connectivity index (χ2v) is 7.18. The van der Waals surface area contributed by atoms with E-state index in [4.69, 9.17) is 4.52 Å². The van der Waals surface area contributed by atoms with Gasteiger partial charge in [-0.2, -0.15) is 5.10 Å². The summed E-state index contributed by atoms with van der Waals surface area (Å²) in [5.41, 5.74) is 7.35. The lowest BCUT2D eigenvalue weighted by Crippen LogP contribution is -2.36. The number of aromatic nitrogens is 3. The summed E-state index contributed by atoms with van der Waals surface area (Å²) in [4.78, 5) is 16.7. The molecule has 2 N–H and O–H groups in total. The summed E-state index contributed by atoms with van der Waals surface area (Å²) < 4.78 is 6.57. The van der Waals surface area contributed by atoms with Crippen molar-refractivity contribution in [2.75, 3.05) is 5.43 Å². The number of H-pyrrole nitrogens is 1. The van der Waals surface area contributed by atoms with Gasteiger partial charge in [0, 0.05) is 17.5 Å². The van der Waals surface area contributed by atoms with E-state index < -0.39 is 5.63 Å². The maximum absolute atomic E-state index is 12.2. The maximum Gasteiger partial charge on any atom is 0.437 e.